The van der Waals surface area contributed by atoms with Crippen LogP contribution in [0.2, 0.25) is 0 Å². The van der Waals surface area contributed by atoms with Crippen LogP contribution in [0.25, 0.3) is 21.9 Å². The van der Waals surface area contributed by atoms with E-state index in [0.717, 1.165) is 15.5 Å². The molecule has 0 bridgehead atoms. The van der Waals surface area contributed by atoms with Gasteiger partial charge in [0.15, 0.2) is 0 Å². The first-order valence-corrected chi connectivity index (χ1v) is 8.29. The Bertz CT molecular complexity index is 1130. The Morgan fingerprint density at radius 3 is 2.88 bits per heavy atom. The molecule has 4 aromatic rings. The molecule has 0 spiro atoms. The SMILES string of the molecule is O=C(Cn1cnc2ccc(Br)cc2c1=O)Nc1nc2ccccc2[nH]1. The first-order valence-electron chi connectivity index (χ1n) is 7.49. The summed E-state index contributed by atoms with van der Waals surface area (Å²) in [5.41, 5.74) is 1.90. The van der Waals surface area contributed by atoms with Gasteiger partial charge in [-0.3, -0.25) is 19.5 Å². The zero-order valence-corrected chi connectivity index (χ0v) is 14.4. The molecule has 0 fully saturated rings. The van der Waals surface area contributed by atoms with E-state index in [0.29, 0.717) is 16.9 Å². The number of hydrogen-bond donors (Lipinski definition) is 2. The van der Waals surface area contributed by atoms with E-state index < -0.39 is 0 Å². The average molecular weight is 398 g/mol. The highest BCUT2D eigenvalue weighted by Crippen LogP contribution is 2.15. The maximum atomic E-state index is 12.5. The monoisotopic (exact) mass is 397 g/mol. The lowest BCUT2D eigenvalue weighted by molar-refractivity contribution is -0.116. The van der Waals surface area contributed by atoms with Crippen LogP contribution in [0, 0.1) is 0 Å². The molecule has 1 amide bonds. The van der Waals surface area contributed by atoms with Crippen molar-refractivity contribution < 1.29 is 4.79 Å². The first-order chi connectivity index (χ1) is 12.1. The standard InChI is InChI=1S/C17H12BrN5O2/c18-10-5-6-12-11(7-10)16(25)23(9-19-12)8-15(24)22-17-20-13-3-1-2-4-14(13)21-17/h1-7,9H,8H2,(H2,20,21,22,24). The van der Waals surface area contributed by atoms with E-state index in [9.17, 15) is 9.59 Å². The third kappa shape index (κ3) is 3.03. The summed E-state index contributed by atoms with van der Waals surface area (Å²) >= 11 is 3.34. The summed E-state index contributed by atoms with van der Waals surface area (Å²) in [6, 6.07) is 12.7. The quantitative estimate of drug-likeness (QED) is 0.555. The summed E-state index contributed by atoms with van der Waals surface area (Å²) in [4.78, 5) is 36.3. The van der Waals surface area contributed by atoms with Crippen molar-refractivity contribution >= 4 is 49.7 Å². The molecule has 0 radical (unpaired) electrons. The molecule has 0 unspecified atom stereocenters. The molecule has 4 rings (SSSR count). The first kappa shape index (κ1) is 15.5. The van der Waals surface area contributed by atoms with E-state index in [1.54, 1.807) is 12.1 Å². The average Bonchev–Trinajstić information content (AvgIpc) is 3.00. The van der Waals surface area contributed by atoms with Crippen molar-refractivity contribution in [2.24, 2.45) is 0 Å². The van der Waals surface area contributed by atoms with Gasteiger partial charge in [-0.05, 0) is 30.3 Å². The fraction of sp³-hybridized carbons (Fsp3) is 0.0588. The molecule has 2 aromatic heterocycles. The zero-order valence-electron chi connectivity index (χ0n) is 12.9. The zero-order chi connectivity index (χ0) is 17.4. The van der Waals surface area contributed by atoms with Crippen LogP contribution in [-0.2, 0) is 11.3 Å². The number of H-pyrrole nitrogens is 1. The molecular weight excluding hydrogens is 386 g/mol. The number of carbonyl (C=O) groups excluding carboxylic acids is 1. The van der Waals surface area contributed by atoms with Gasteiger partial charge in [0.1, 0.15) is 6.54 Å². The lowest BCUT2D eigenvalue weighted by Gasteiger charge is -2.06. The molecule has 124 valence electrons. The van der Waals surface area contributed by atoms with Crippen molar-refractivity contribution in [1.82, 2.24) is 19.5 Å². The van der Waals surface area contributed by atoms with Gasteiger partial charge in [-0.25, -0.2) is 9.97 Å². The maximum Gasteiger partial charge on any atom is 0.261 e. The number of amides is 1. The summed E-state index contributed by atoms with van der Waals surface area (Å²) in [6.07, 6.45) is 1.37. The van der Waals surface area contributed by atoms with Gasteiger partial charge in [0.25, 0.3) is 5.56 Å². The Morgan fingerprint density at radius 1 is 1.20 bits per heavy atom. The predicted octanol–water partition coefficient (Wildman–Crippen LogP) is 2.67. The molecule has 2 aromatic carbocycles. The molecule has 0 saturated carbocycles. The van der Waals surface area contributed by atoms with Crippen molar-refractivity contribution in [3.63, 3.8) is 0 Å². The van der Waals surface area contributed by atoms with Crippen LogP contribution in [0.3, 0.4) is 0 Å². The van der Waals surface area contributed by atoms with Gasteiger partial charge in [-0.2, -0.15) is 0 Å². The molecule has 8 heteroatoms. The molecule has 0 aliphatic heterocycles. The molecular formula is C17H12BrN5O2. The van der Waals surface area contributed by atoms with Crippen LogP contribution >= 0.6 is 15.9 Å². The minimum Gasteiger partial charge on any atom is -0.324 e. The van der Waals surface area contributed by atoms with Gasteiger partial charge < -0.3 is 4.98 Å². The maximum absolute atomic E-state index is 12.5. The van der Waals surface area contributed by atoms with Crippen LogP contribution in [0.4, 0.5) is 5.95 Å². The van der Waals surface area contributed by atoms with E-state index >= 15 is 0 Å². The number of anilines is 1. The Balaban J connectivity index is 1.59. The number of fused-ring (bicyclic) bond motifs is 2. The number of nitrogens with one attached hydrogen (secondary N) is 2. The summed E-state index contributed by atoms with van der Waals surface area (Å²) in [6.45, 7) is -0.147. The van der Waals surface area contributed by atoms with Crippen molar-refractivity contribution in [1.29, 1.82) is 0 Å². The lowest BCUT2D eigenvalue weighted by Crippen LogP contribution is -2.28. The Hall–Kier alpha value is -3.00. The predicted molar refractivity (Wildman–Crippen MR) is 98.4 cm³/mol. The van der Waals surface area contributed by atoms with E-state index in [4.69, 9.17) is 0 Å². The van der Waals surface area contributed by atoms with Gasteiger partial charge in [0.2, 0.25) is 11.9 Å². The second-order valence-electron chi connectivity index (χ2n) is 5.49. The van der Waals surface area contributed by atoms with E-state index in [1.807, 2.05) is 30.3 Å². The van der Waals surface area contributed by atoms with E-state index in [-0.39, 0.29) is 18.0 Å². The van der Waals surface area contributed by atoms with Gasteiger partial charge in [0.05, 0.1) is 28.3 Å². The van der Waals surface area contributed by atoms with Crippen LogP contribution in [0.15, 0.2) is 58.1 Å². The number of hydrogen-bond acceptors (Lipinski definition) is 4. The molecule has 0 atom stereocenters. The van der Waals surface area contributed by atoms with E-state index in [2.05, 4.69) is 36.2 Å². The molecule has 25 heavy (non-hydrogen) atoms. The number of aromatic amines is 1. The fourth-order valence-electron chi connectivity index (χ4n) is 2.58. The minimum absolute atomic E-state index is 0.147. The minimum atomic E-state index is -0.364. The Morgan fingerprint density at radius 2 is 2.04 bits per heavy atom. The van der Waals surface area contributed by atoms with Gasteiger partial charge in [-0.15, -0.1) is 0 Å². The molecule has 0 aliphatic carbocycles. The van der Waals surface area contributed by atoms with Gasteiger partial charge >= 0.3 is 0 Å². The number of nitrogens with zero attached hydrogens (tertiary/aromatic N) is 3. The van der Waals surface area contributed by atoms with Crippen molar-refractivity contribution in [2.75, 3.05) is 5.32 Å². The molecule has 2 heterocycles. The topological polar surface area (TPSA) is 92.7 Å². The summed E-state index contributed by atoms with van der Waals surface area (Å²) < 4.78 is 2.05. The number of aromatic nitrogens is 4. The highest BCUT2D eigenvalue weighted by atomic mass is 79.9. The summed E-state index contributed by atoms with van der Waals surface area (Å²) in [5.74, 6) is -0.0203. The van der Waals surface area contributed by atoms with Crippen LogP contribution in [0.5, 0.6) is 0 Å². The van der Waals surface area contributed by atoms with E-state index in [1.165, 1.54) is 10.9 Å². The van der Waals surface area contributed by atoms with Crippen molar-refractivity contribution in [3.8, 4) is 0 Å². The number of carbonyl (C=O) groups is 1. The van der Waals surface area contributed by atoms with Crippen molar-refractivity contribution in [3.05, 3.63) is 63.6 Å². The number of halogens is 1. The largest absolute Gasteiger partial charge is 0.324 e. The third-order valence-electron chi connectivity index (χ3n) is 3.75. The summed E-state index contributed by atoms with van der Waals surface area (Å²) in [7, 11) is 0. The second-order valence-corrected chi connectivity index (χ2v) is 6.41. The lowest BCUT2D eigenvalue weighted by atomic mass is 10.2. The van der Waals surface area contributed by atoms with Crippen LogP contribution < -0.4 is 10.9 Å². The number of para-hydroxylation sites is 2. The summed E-state index contributed by atoms with van der Waals surface area (Å²) in [5, 5.41) is 3.12. The molecule has 0 aliphatic rings. The number of benzene rings is 2. The second kappa shape index (κ2) is 6.14. The molecule has 7 nitrogen and oxygen atoms in total. The fourth-order valence-corrected chi connectivity index (χ4v) is 2.94. The smallest absolute Gasteiger partial charge is 0.261 e. The van der Waals surface area contributed by atoms with Crippen LogP contribution in [0.1, 0.15) is 0 Å². The number of imidazole rings is 1. The Labute approximate surface area is 149 Å². The third-order valence-corrected chi connectivity index (χ3v) is 4.24. The normalized spacial score (nSPS) is 11.1. The van der Waals surface area contributed by atoms with Gasteiger partial charge in [-0.1, -0.05) is 28.1 Å². The number of rotatable bonds is 3. The highest BCUT2D eigenvalue weighted by molar-refractivity contribution is 9.10. The van der Waals surface area contributed by atoms with Crippen molar-refractivity contribution in [2.45, 2.75) is 6.54 Å². The Kier molecular flexibility index (Phi) is 3.81. The van der Waals surface area contributed by atoms with Crippen LogP contribution in [-0.4, -0.2) is 25.4 Å². The highest BCUT2D eigenvalue weighted by Gasteiger charge is 2.10. The molecule has 2 N–H and O–H groups in total. The molecule has 0 saturated heterocycles. The van der Waals surface area contributed by atoms with Gasteiger partial charge in [0, 0.05) is 4.47 Å².